The summed E-state index contributed by atoms with van der Waals surface area (Å²) >= 11 is 0. The molecule has 13 heavy (non-hydrogen) atoms. The van der Waals surface area contributed by atoms with Gasteiger partial charge < -0.3 is 10.2 Å². The lowest BCUT2D eigenvalue weighted by atomic mass is 9.81. The molecular weight excluding hydrogens is 172 g/mol. The molecule has 2 atom stereocenters. The zero-order chi connectivity index (χ0) is 10.0. The fraction of sp³-hybridized carbons (Fsp3) is 0.333. The number of carbonyl (C=O) groups is 2. The van der Waals surface area contributed by atoms with Gasteiger partial charge in [0.2, 0.25) is 0 Å². The van der Waals surface area contributed by atoms with Gasteiger partial charge in [0.15, 0.2) is 0 Å². The molecule has 0 saturated heterocycles. The Labute approximate surface area is 75.2 Å². The number of hydrogen-bond acceptors (Lipinski definition) is 2. The molecule has 0 aromatic carbocycles. The summed E-state index contributed by atoms with van der Waals surface area (Å²) in [4.78, 5) is 21.4. The van der Waals surface area contributed by atoms with Gasteiger partial charge in [-0.3, -0.25) is 9.59 Å². The molecule has 0 saturated carbocycles. The molecule has 2 unspecified atom stereocenters. The van der Waals surface area contributed by atoms with Crippen LogP contribution in [0.15, 0.2) is 24.3 Å². The predicted octanol–water partition coefficient (Wildman–Crippen LogP) is 0.904. The van der Waals surface area contributed by atoms with Gasteiger partial charge in [-0.25, -0.2) is 0 Å². The minimum atomic E-state index is -1.12. The van der Waals surface area contributed by atoms with E-state index in [2.05, 4.69) is 6.58 Å². The van der Waals surface area contributed by atoms with Crippen molar-refractivity contribution >= 4 is 11.9 Å². The van der Waals surface area contributed by atoms with E-state index in [0.29, 0.717) is 12.0 Å². The average Bonchev–Trinajstić information content (AvgIpc) is 2.02. The van der Waals surface area contributed by atoms with Gasteiger partial charge in [-0.05, 0) is 6.42 Å². The number of aliphatic carboxylic acids is 2. The van der Waals surface area contributed by atoms with Crippen LogP contribution in [-0.4, -0.2) is 22.2 Å². The van der Waals surface area contributed by atoms with E-state index in [1.807, 2.05) is 0 Å². The number of rotatable bonds is 2. The Morgan fingerprint density at radius 2 is 2.00 bits per heavy atom. The minimum Gasteiger partial charge on any atom is -0.481 e. The predicted molar refractivity (Wildman–Crippen MR) is 45.1 cm³/mol. The molecule has 0 heterocycles. The molecule has 4 nitrogen and oxygen atoms in total. The van der Waals surface area contributed by atoms with Gasteiger partial charge in [0.25, 0.3) is 0 Å². The Morgan fingerprint density at radius 1 is 1.38 bits per heavy atom. The standard InChI is InChI=1S/C9H10O4/c1-5-3-2-4-6(8(10)11)7(5)9(12)13/h2,4,6-7H,1,3H2,(H,10,11)(H,12,13). The van der Waals surface area contributed by atoms with Crippen LogP contribution in [0.3, 0.4) is 0 Å². The van der Waals surface area contributed by atoms with Crippen LogP contribution in [0.2, 0.25) is 0 Å². The normalized spacial score (nSPS) is 27.2. The summed E-state index contributed by atoms with van der Waals surface area (Å²) in [6.07, 6.45) is 3.50. The molecule has 0 fully saturated rings. The fourth-order valence-electron chi connectivity index (χ4n) is 1.41. The Hall–Kier alpha value is -1.58. The van der Waals surface area contributed by atoms with Crippen molar-refractivity contribution in [1.82, 2.24) is 0 Å². The lowest BCUT2D eigenvalue weighted by molar-refractivity contribution is -0.150. The van der Waals surface area contributed by atoms with E-state index in [-0.39, 0.29) is 0 Å². The maximum atomic E-state index is 10.7. The number of hydrogen-bond donors (Lipinski definition) is 2. The summed E-state index contributed by atoms with van der Waals surface area (Å²) in [5.41, 5.74) is 0.447. The third-order valence-electron chi connectivity index (χ3n) is 2.07. The van der Waals surface area contributed by atoms with Crippen molar-refractivity contribution in [3.8, 4) is 0 Å². The van der Waals surface area contributed by atoms with Crippen molar-refractivity contribution in [3.63, 3.8) is 0 Å². The van der Waals surface area contributed by atoms with Crippen LogP contribution in [0.5, 0.6) is 0 Å². The van der Waals surface area contributed by atoms with E-state index in [4.69, 9.17) is 10.2 Å². The van der Waals surface area contributed by atoms with Crippen LogP contribution < -0.4 is 0 Å². The van der Waals surface area contributed by atoms with E-state index >= 15 is 0 Å². The van der Waals surface area contributed by atoms with Crippen LogP contribution in [0, 0.1) is 11.8 Å². The molecular formula is C9H10O4. The Morgan fingerprint density at radius 3 is 2.38 bits per heavy atom. The molecule has 0 spiro atoms. The summed E-state index contributed by atoms with van der Waals surface area (Å²) in [6.45, 7) is 3.55. The van der Waals surface area contributed by atoms with Gasteiger partial charge in [-0.1, -0.05) is 24.3 Å². The molecule has 1 aliphatic carbocycles. The third kappa shape index (κ3) is 1.77. The van der Waals surface area contributed by atoms with Gasteiger partial charge in [0.1, 0.15) is 0 Å². The highest BCUT2D eigenvalue weighted by Gasteiger charge is 2.35. The molecule has 0 aliphatic heterocycles. The fourth-order valence-corrected chi connectivity index (χ4v) is 1.41. The second-order valence-corrected chi connectivity index (χ2v) is 2.97. The highest BCUT2D eigenvalue weighted by atomic mass is 16.4. The molecule has 2 N–H and O–H groups in total. The van der Waals surface area contributed by atoms with Crippen molar-refractivity contribution in [2.24, 2.45) is 11.8 Å². The van der Waals surface area contributed by atoms with Crippen molar-refractivity contribution in [1.29, 1.82) is 0 Å². The highest BCUT2D eigenvalue weighted by molar-refractivity contribution is 5.84. The largest absolute Gasteiger partial charge is 0.481 e. The first-order chi connectivity index (χ1) is 6.04. The topological polar surface area (TPSA) is 74.6 Å². The van der Waals surface area contributed by atoms with Crippen LogP contribution in [0.4, 0.5) is 0 Å². The minimum absolute atomic E-state index is 0.445. The van der Waals surface area contributed by atoms with Gasteiger partial charge in [-0.2, -0.15) is 0 Å². The van der Waals surface area contributed by atoms with E-state index in [0.717, 1.165) is 0 Å². The maximum Gasteiger partial charge on any atom is 0.311 e. The maximum absolute atomic E-state index is 10.7. The number of carboxylic acid groups (broad SMARTS) is 2. The zero-order valence-electron chi connectivity index (χ0n) is 6.93. The van der Waals surface area contributed by atoms with Crippen molar-refractivity contribution in [3.05, 3.63) is 24.3 Å². The monoisotopic (exact) mass is 182 g/mol. The van der Waals surface area contributed by atoms with Crippen molar-refractivity contribution < 1.29 is 19.8 Å². The van der Waals surface area contributed by atoms with Crippen LogP contribution >= 0.6 is 0 Å². The van der Waals surface area contributed by atoms with E-state index in [9.17, 15) is 9.59 Å². The summed E-state index contributed by atoms with van der Waals surface area (Å²) in [5.74, 6) is -4.20. The smallest absolute Gasteiger partial charge is 0.311 e. The molecule has 1 aliphatic rings. The Balaban J connectivity index is 2.98. The zero-order valence-corrected chi connectivity index (χ0v) is 6.93. The van der Waals surface area contributed by atoms with Gasteiger partial charge in [0.05, 0.1) is 11.8 Å². The molecule has 0 bridgehead atoms. The Kier molecular flexibility index (Phi) is 2.51. The van der Waals surface area contributed by atoms with E-state index in [1.54, 1.807) is 6.08 Å². The first-order valence-electron chi connectivity index (χ1n) is 3.84. The van der Waals surface area contributed by atoms with E-state index < -0.39 is 23.8 Å². The van der Waals surface area contributed by atoms with Crippen LogP contribution in [0.1, 0.15) is 6.42 Å². The molecule has 0 aromatic rings. The van der Waals surface area contributed by atoms with Crippen LogP contribution in [-0.2, 0) is 9.59 Å². The number of carboxylic acids is 2. The molecule has 4 heteroatoms. The van der Waals surface area contributed by atoms with Gasteiger partial charge >= 0.3 is 11.9 Å². The molecule has 0 radical (unpaired) electrons. The lowest BCUT2D eigenvalue weighted by Crippen LogP contribution is -2.31. The summed E-state index contributed by atoms with van der Waals surface area (Å²) < 4.78 is 0. The third-order valence-corrected chi connectivity index (χ3v) is 2.07. The highest BCUT2D eigenvalue weighted by Crippen LogP contribution is 2.28. The Bertz CT molecular complexity index is 290. The second-order valence-electron chi connectivity index (χ2n) is 2.97. The molecule has 70 valence electrons. The molecule has 1 rings (SSSR count). The summed E-state index contributed by atoms with van der Waals surface area (Å²) in [7, 11) is 0. The lowest BCUT2D eigenvalue weighted by Gasteiger charge is -2.22. The van der Waals surface area contributed by atoms with Gasteiger partial charge in [0, 0.05) is 0 Å². The SMILES string of the molecule is C=C1CC=CC(C(=O)O)C1C(=O)O. The number of allylic oxidation sites excluding steroid dienone is 1. The first kappa shape index (κ1) is 9.51. The van der Waals surface area contributed by atoms with E-state index in [1.165, 1.54) is 6.08 Å². The van der Waals surface area contributed by atoms with Crippen molar-refractivity contribution in [2.75, 3.05) is 0 Å². The van der Waals surface area contributed by atoms with Crippen molar-refractivity contribution in [2.45, 2.75) is 6.42 Å². The average molecular weight is 182 g/mol. The second kappa shape index (κ2) is 3.43. The summed E-state index contributed by atoms with van der Waals surface area (Å²) in [5, 5.41) is 17.5. The van der Waals surface area contributed by atoms with Gasteiger partial charge in [-0.15, -0.1) is 0 Å². The van der Waals surface area contributed by atoms with Crippen LogP contribution in [0.25, 0.3) is 0 Å². The molecule has 0 amide bonds. The summed E-state index contributed by atoms with van der Waals surface area (Å²) in [6, 6.07) is 0. The molecule has 0 aromatic heterocycles. The quantitative estimate of drug-likeness (QED) is 0.622. The first-order valence-corrected chi connectivity index (χ1v) is 3.84.